The Morgan fingerprint density at radius 2 is 1.85 bits per heavy atom. The van der Waals surface area contributed by atoms with Crippen molar-refractivity contribution in [2.45, 2.75) is 64.6 Å². The molecule has 8 nitrogen and oxygen atoms in total. The molecule has 5 heterocycles. The maximum Gasteiger partial charge on any atom is 0.393 e. The van der Waals surface area contributed by atoms with Gasteiger partial charge in [-0.3, -0.25) is 9.69 Å². The number of hydrogen-bond acceptors (Lipinski definition) is 8. The third-order valence-corrected chi connectivity index (χ3v) is 11.0. The summed E-state index contributed by atoms with van der Waals surface area (Å²) in [5.74, 6) is 2.66. The van der Waals surface area contributed by atoms with E-state index in [9.17, 15) is 22.4 Å². The largest absolute Gasteiger partial charge is 0.393 e. The highest BCUT2D eigenvalue weighted by Crippen LogP contribution is 2.41. The van der Waals surface area contributed by atoms with Gasteiger partial charge in [-0.2, -0.15) is 13.2 Å². The number of hydrogen-bond donors (Lipinski definition) is 2. The lowest BCUT2D eigenvalue weighted by atomic mass is 9.81. The number of piperidine rings is 2. The second-order valence-electron chi connectivity index (χ2n) is 13.2. The molecule has 2 aromatic rings. The number of aryl methyl sites for hydroxylation is 1. The number of nitrogens with one attached hydrogen (secondary N) is 1. The Balaban J connectivity index is 1.02. The van der Waals surface area contributed by atoms with Gasteiger partial charge in [0.25, 0.3) is 5.91 Å². The van der Waals surface area contributed by atoms with Crippen molar-refractivity contribution < 1.29 is 22.4 Å². The van der Waals surface area contributed by atoms with Crippen LogP contribution in [-0.4, -0.2) is 88.7 Å². The molecule has 3 N–H and O–H groups in total. The molecule has 2 aromatic heterocycles. The summed E-state index contributed by atoms with van der Waals surface area (Å²) in [6.45, 7) is 7.96. The number of alkyl halides is 4. The maximum atomic E-state index is 13.0. The summed E-state index contributed by atoms with van der Waals surface area (Å²) in [5.41, 5.74) is 9.17. The lowest BCUT2D eigenvalue weighted by Gasteiger charge is -2.37. The summed E-state index contributed by atoms with van der Waals surface area (Å²) in [5, 5.41) is 4.18. The first kappa shape index (κ1) is 32.7. The molecule has 0 aromatic carbocycles. The van der Waals surface area contributed by atoms with E-state index in [2.05, 4.69) is 50.2 Å². The lowest BCUT2D eigenvalue weighted by Crippen LogP contribution is -2.41. The average molecular weight is 662 g/mol. The quantitative estimate of drug-likeness (QED) is 0.330. The van der Waals surface area contributed by atoms with E-state index in [1.165, 1.54) is 11.3 Å². The molecule has 2 atom stereocenters. The molecular weight excluding hydrogens is 618 g/mol. The number of aromatic nitrogens is 2. The number of nitrogens with two attached hydrogens (primary N) is 1. The van der Waals surface area contributed by atoms with Crippen LogP contribution < -0.4 is 11.1 Å². The molecule has 13 heteroatoms. The Labute approximate surface area is 271 Å². The van der Waals surface area contributed by atoms with E-state index in [-0.39, 0.29) is 16.8 Å². The van der Waals surface area contributed by atoms with Crippen LogP contribution in [0.25, 0.3) is 10.2 Å². The highest BCUT2D eigenvalue weighted by Gasteiger charge is 2.36. The number of allylic oxidation sites excluding steroid dienone is 3. The summed E-state index contributed by atoms with van der Waals surface area (Å²) >= 11 is 1.08. The normalized spacial score (nSPS) is 23.4. The first-order valence-electron chi connectivity index (χ1n) is 16.3. The van der Waals surface area contributed by atoms with Gasteiger partial charge in [0.2, 0.25) is 0 Å². The lowest BCUT2D eigenvalue weighted by molar-refractivity contribution is -0.133. The zero-order chi connectivity index (χ0) is 32.6. The molecule has 0 radical (unpaired) electrons. The molecule has 0 bridgehead atoms. The number of halogens is 4. The number of rotatable bonds is 9. The van der Waals surface area contributed by atoms with Gasteiger partial charge in [0.05, 0.1) is 17.6 Å². The van der Waals surface area contributed by atoms with Crippen molar-refractivity contribution in [3.63, 3.8) is 0 Å². The van der Waals surface area contributed by atoms with Crippen molar-refractivity contribution in [2.24, 2.45) is 23.5 Å². The van der Waals surface area contributed by atoms with Crippen molar-refractivity contribution in [3.05, 3.63) is 52.1 Å². The van der Waals surface area contributed by atoms with Gasteiger partial charge in [0.1, 0.15) is 16.5 Å². The van der Waals surface area contributed by atoms with Crippen molar-refractivity contribution in [2.75, 3.05) is 51.3 Å². The predicted octanol–water partition coefficient (Wildman–Crippen LogP) is 5.77. The maximum absolute atomic E-state index is 13.0. The first-order chi connectivity index (χ1) is 22.0. The number of carbonyl (C=O) groups is 1. The fraction of sp³-hybridized carbons (Fsp3) is 0.606. The van der Waals surface area contributed by atoms with Crippen LogP contribution in [0, 0.1) is 24.7 Å². The van der Waals surface area contributed by atoms with Gasteiger partial charge in [-0.05, 0) is 69.1 Å². The molecule has 3 aliphatic heterocycles. The molecule has 4 aliphatic rings. The van der Waals surface area contributed by atoms with Crippen LogP contribution in [0.3, 0.4) is 0 Å². The van der Waals surface area contributed by atoms with Crippen LogP contribution >= 0.6 is 11.3 Å². The standard InChI is InChI=1S/C33H43F4N7OS/c1-20-23(3-4-28-26(20)16-29(38)44(28)14-7-22-5-12-43(13-6-22)30(45)18-34)19-42-10-8-24(9-11-42)41-31-27-15-25(17-33(35,36)37)46-32(27)40-21(2)39-31/h3-4,15-16,20,22,24,26H,5-14,17-19,38H2,1-2H3,(H,39,40,41). The second kappa shape index (κ2) is 13.5. The highest BCUT2D eigenvalue weighted by atomic mass is 32.1. The molecule has 2 unspecified atom stereocenters. The van der Waals surface area contributed by atoms with Crippen LogP contribution in [-0.2, 0) is 11.2 Å². The van der Waals surface area contributed by atoms with E-state index in [4.69, 9.17) is 5.73 Å². The Bertz CT molecular complexity index is 1520. The SMILES string of the molecule is Cc1nc(NC2CCN(CC3=CC=C4C(C=C(N)N4CCC4CCN(C(=O)CF)CC4)C3C)CC2)c2cc(CC(F)(F)F)sc2n1. The highest BCUT2D eigenvalue weighted by molar-refractivity contribution is 7.18. The minimum Gasteiger partial charge on any atom is -0.385 e. The predicted molar refractivity (Wildman–Crippen MR) is 173 cm³/mol. The van der Waals surface area contributed by atoms with Gasteiger partial charge in [-0.15, -0.1) is 11.3 Å². The van der Waals surface area contributed by atoms with Crippen LogP contribution in [0.15, 0.2) is 41.4 Å². The zero-order valence-electron chi connectivity index (χ0n) is 26.5. The number of anilines is 1. The summed E-state index contributed by atoms with van der Waals surface area (Å²) in [7, 11) is 0. The molecule has 2 saturated heterocycles. The Hall–Kier alpha value is -3.19. The molecule has 6 rings (SSSR count). The number of thiophene rings is 1. The smallest absolute Gasteiger partial charge is 0.385 e. The van der Waals surface area contributed by atoms with Crippen LogP contribution in [0.2, 0.25) is 0 Å². The summed E-state index contributed by atoms with van der Waals surface area (Å²) in [4.78, 5) is 27.8. The fourth-order valence-electron chi connectivity index (χ4n) is 7.35. The second-order valence-corrected chi connectivity index (χ2v) is 14.3. The number of nitrogens with zero attached hydrogens (tertiary/aromatic N) is 5. The molecule has 250 valence electrons. The topological polar surface area (TPSA) is 90.6 Å². The summed E-state index contributed by atoms with van der Waals surface area (Å²) < 4.78 is 51.7. The molecule has 46 heavy (non-hydrogen) atoms. The zero-order valence-corrected chi connectivity index (χ0v) is 27.3. The average Bonchev–Trinajstić information content (AvgIpc) is 3.56. The van der Waals surface area contributed by atoms with Crippen molar-refractivity contribution in [3.8, 4) is 0 Å². The number of carbonyl (C=O) groups excluding carboxylic acids is 1. The Kier molecular flexibility index (Phi) is 9.61. The molecule has 0 saturated carbocycles. The van der Waals surface area contributed by atoms with Gasteiger partial charge in [-0.25, -0.2) is 14.4 Å². The Morgan fingerprint density at radius 3 is 2.54 bits per heavy atom. The third kappa shape index (κ3) is 7.35. The van der Waals surface area contributed by atoms with Crippen molar-refractivity contribution >= 4 is 33.3 Å². The number of amides is 1. The fourth-order valence-corrected chi connectivity index (χ4v) is 8.45. The van der Waals surface area contributed by atoms with E-state index in [1.807, 2.05) is 0 Å². The minimum atomic E-state index is -4.26. The van der Waals surface area contributed by atoms with E-state index in [0.29, 0.717) is 46.8 Å². The molecular formula is C33H43F4N7OS. The van der Waals surface area contributed by atoms with E-state index < -0.39 is 25.2 Å². The summed E-state index contributed by atoms with van der Waals surface area (Å²) in [6, 6.07) is 1.77. The van der Waals surface area contributed by atoms with Crippen LogP contribution in [0.5, 0.6) is 0 Å². The van der Waals surface area contributed by atoms with Gasteiger partial charge in [0.15, 0.2) is 6.67 Å². The molecule has 1 amide bonds. The molecule has 1 aliphatic carbocycles. The monoisotopic (exact) mass is 661 g/mol. The minimum absolute atomic E-state index is 0.187. The number of likely N-dealkylation sites (tertiary alicyclic amines) is 2. The van der Waals surface area contributed by atoms with Crippen molar-refractivity contribution in [1.29, 1.82) is 0 Å². The number of fused-ring (bicyclic) bond motifs is 2. The molecule has 0 spiro atoms. The summed E-state index contributed by atoms with van der Waals surface area (Å²) in [6.07, 6.45) is 6.09. The van der Waals surface area contributed by atoms with E-state index >= 15 is 0 Å². The van der Waals surface area contributed by atoms with Crippen LogP contribution in [0.4, 0.5) is 23.4 Å². The third-order valence-electron chi connectivity index (χ3n) is 10.0. The van der Waals surface area contributed by atoms with Crippen LogP contribution in [0.1, 0.15) is 49.7 Å². The van der Waals surface area contributed by atoms with Crippen molar-refractivity contribution in [1.82, 2.24) is 24.7 Å². The first-order valence-corrected chi connectivity index (χ1v) is 17.1. The molecule has 2 fully saturated rings. The van der Waals surface area contributed by atoms with Gasteiger partial charge < -0.3 is 20.9 Å². The van der Waals surface area contributed by atoms with Gasteiger partial charge in [-0.1, -0.05) is 18.6 Å². The van der Waals surface area contributed by atoms with E-state index in [1.54, 1.807) is 17.9 Å². The Morgan fingerprint density at radius 1 is 1.11 bits per heavy atom. The van der Waals surface area contributed by atoms with Gasteiger partial charge in [0, 0.05) is 61.8 Å². The van der Waals surface area contributed by atoms with E-state index in [0.717, 1.165) is 75.4 Å². The van der Waals surface area contributed by atoms with Gasteiger partial charge >= 0.3 is 6.18 Å².